The molecular formula is C30H48O5. The second kappa shape index (κ2) is 7.80. The van der Waals surface area contributed by atoms with Gasteiger partial charge in [0.15, 0.2) is 0 Å². The van der Waals surface area contributed by atoms with Crippen molar-refractivity contribution in [1.29, 1.82) is 0 Å². The summed E-state index contributed by atoms with van der Waals surface area (Å²) in [6.07, 6.45) is 7.51. The van der Waals surface area contributed by atoms with E-state index in [1.807, 2.05) is 6.92 Å². The summed E-state index contributed by atoms with van der Waals surface area (Å²) in [4.78, 5) is 12.8. The number of carboxylic acid groups (broad SMARTS) is 1. The molecule has 198 valence electrons. The monoisotopic (exact) mass is 488 g/mol. The third kappa shape index (κ3) is 2.95. The fourth-order valence-electron chi connectivity index (χ4n) is 11.0. The maximum atomic E-state index is 12.8. The number of allylic oxidation sites excluding steroid dienone is 2. The third-order valence-corrected chi connectivity index (χ3v) is 13.5. The first-order valence-electron chi connectivity index (χ1n) is 14.1. The Morgan fingerprint density at radius 3 is 2.31 bits per heavy atom. The summed E-state index contributed by atoms with van der Waals surface area (Å²) in [6, 6.07) is 0. The van der Waals surface area contributed by atoms with Crippen LogP contribution in [0.2, 0.25) is 0 Å². The van der Waals surface area contributed by atoms with E-state index in [1.54, 1.807) is 0 Å². The first-order valence-corrected chi connectivity index (χ1v) is 14.1. The molecule has 12 atom stereocenters. The largest absolute Gasteiger partial charge is 0.481 e. The van der Waals surface area contributed by atoms with Crippen molar-refractivity contribution in [2.75, 3.05) is 6.61 Å². The molecule has 5 aliphatic carbocycles. The number of aliphatic carboxylic acids is 1. The van der Waals surface area contributed by atoms with Crippen molar-refractivity contribution in [1.82, 2.24) is 0 Å². The highest BCUT2D eigenvalue weighted by Crippen LogP contribution is 2.75. The number of carboxylic acids is 1. The smallest absolute Gasteiger partial charge is 0.310 e. The Kier molecular flexibility index (Phi) is 5.73. The first-order chi connectivity index (χ1) is 16.2. The lowest BCUT2D eigenvalue weighted by molar-refractivity contribution is -0.244. The molecule has 0 aromatic heterocycles. The quantitative estimate of drug-likeness (QED) is 0.409. The Balaban J connectivity index is 1.62. The van der Waals surface area contributed by atoms with Gasteiger partial charge < -0.3 is 20.4 Å². The van der Waals surface area contributed by atoms with Crippen molar-refractivity contribution in [2.24, 2.45) is 56.7 Å². The number of hydrogen-bond donors (Lipinski definition) is 4. The van der Waals surface area contributed by atoms with Crippen molar-refractivity contribution in [3.05, 3.63) is 11.6 Å². The van der Waals surface area contributed by atoms with E-state index in [2.05, 4.69) is 40.7 Å². The molecule has 0 radical (unpaired) electrons. The minimum Gasteiger partial charge on any atom is -0.481 e. The number of fused-ring (bicyclic) bond motifs is 7. The number of aliphatic hydroxyl groups is 3. The minimum absolute atomic E-state index is 0.00815. The molecule has 5 rings (SSSR count). The van der Waals surface area contributed by atoms with Gasteiger partial charge in [0.05, 0.1) is 24.2 Å². The second-order valence-corrected chi connectivity index (χ2v) is 14.5. The van der Waals surface area contributed by atoms with Crippen LogP contribution in [0.3, 0.4) is 0 Å². The van der Waals surface area contributed by atoms with E-state index in [0.717, 1.165) is 44.9 Å². The van der Waals surface area contributed by atoms with E-state index in [0.29, 0.717) is 24.2 Å². The van der Waals surface area contributed by atoms with Crippen molar-refractivity contribution in [2.45, 2.75) is 105 Å². The topological polar surface area (TPSA) is 98.0 Å². The molecule has 0 bridgehead atoms. The van der Waals surface area contributed by atoms with Gasteiger partial charge in [0, 0.05) is 5.41 Å². The summed E-state index contributed by atoms with van der Waals surface area (Å²) in [7, 11) is 0. The molecular weight excluding hydrogens is 440 g/mol. The molecule has 0 aromatic rings. The lowest BCUT2D eigenvalue weighted by Gasteiger charge is -2.71. The molecule has 0 aromatic carbocycles. The van der Waals surface area contributed by atoms with E-state index >= 15 is 0 Å². The van der Waals surface area contributed by atoms with Gasteiger partial charge in [0.25, 0.3) is 0 Å². The van der Waals surface area contributed by atoms with Crippen LogP contribution in [-0.4, -0.2) is 45.2 Å². The van der Waals surface area contributed by atoms with Crippen LogP contribution in [0.1, 0.15) is 92.9 Å². The standard InChI is InChI=1S/C30H48O5/c1-17-9-12-30(25(34)35)14-13-28(5)19(23(30)18(17)2)7-8-22-26(3)15-20(32)24(33)27(4,16-31)21(26)10-11-29(22,28)6/h7,17-18,20-24,31-33H,8-16H2,1-6H3,(H,34,35)/t17-,18+,20+,21+,22-,23+,24+,26+,27-,28-,29-,30+/m1/s1. The predicted molar refractivity (Wildman–Crippen MR) is 135 cm³/mol. The Morgan fingerprint density at radius 2 is 1.69 bits per heavy atom. The van der Waals surface area contributed by atoms with Gasteiger partial charge in [-0.05, 0) is 97.2 Å². The average molecular weight is 489 g/mol. The summed E-state index contributed by atoms with van der Waals surface area (Å²) in [6.45, 7) is 13.6. The molecule has 0 aliphatic heterocycles. The molecule has 0 amide bonds. The molecule has 4 saturated carbocycles. The van der Waals surface area contributed by atoms with E-state index in [-0.39, 0.29) is 34.7 Å². The lowest BCUT2D eigenvalue weighted by Crippen LogP contribution is -2.68. The van der Waals surface area contributed by atoms with Crippen LogP contribution >= 0.6 is 0 Å². The third-order valence-electron chi connectivity index (χ3n) is 13.5. The van der Waals surface area contributed by atoms with Gasteiger partial charge in [-0.1, -0.05) is 53.2 Å². The Bertz CT molecular complexity index is 930. The van der Waals surface area contributed by atoms with Crippen LogP contribution in [0.5, 0.6) is 0 Å². The first kappa shape index (κ1) is 25.7. The Labute approximate surface area is 211 Å². The molecule has 0 spiro atoms. The summed E-state index contributed by atoms with van der Waals surface area (Å²) >= 11 is 0. The molecule has 5 nitrogen and oxygen atoms in total. The number of rotatable bonds is 2. The molecule has 35 heavy (non-hydrogen) atoms. The van der Waals surface area contributed by atoms with Crippen LogP contribution in [0, 0.1) is 56.7 Å². The number of aliphatic hydroxyl groups excluding tert-OH is 3. The van der Waals surface area contributed by atoms with E-state index in [4.69, 9.17) is 0 Å². The van der Waals surface area contributed by atoms with Gasteiger partial charge in [-0.3, -0.25) is 4.79 Å². The SMILES string of the molecule is C[C@H]1[C@H](C)CC[C@]2(C(=O)O)CC[C@]3(C)C(=CC[C@@H]4[C@@]5(C)C[C@H](O)[C@H](O)[C@](C)(CO)[C@H]5CC[C@]43C)[C@H]12. The predicted octanol–water partition coefficient (Wildman–Crippen LogP) is 5.03. The van der Waals surface area contributed by atoms with Gasteiger partial charge in [-0.15, -0.1) is 0 Å². The molecule has 4 N–H and O–H groups in total. The van der Waals surface area contributed by atoms with Crippen LogP contribution in [0.25, 0.3) is 0 Å². The van der Waals surface area contributed by atoms with Gasteiger partial charge in [0.1, 0.15) is 0 Å². The van der Waals surface area contributed by atoms with Crippen LogP contribution in [0.15, 0.2) is 11.6 Å². The molecule has 5 heteroatoms. The highest BCUT2D eigenvalue weighted by molar-refractivity contribution is 5.76. The van der Waals surface area contributed by atoms with E-state index in [9.17, 15) is 25.2 Å². The molecule has 0 saturated heterocycles. The Hall–Kier alpha value is -0.910. The molecule has 4 fully saturated rings. The van der Waals surface area contributed by atoms with Crippen LogP contribution in [0.4, 0.5) is 0 Å². The summed E-state index contributed by atoms with van der Waals surface area (Å²) in [5.74, 6) is 0.828. The van der Waals surface area contributed by atoms with Gasteiger partial charge in [-0.25, -0.2) is 0 Å². The van der Waals surface area contributed by atoms with E-state index < -0.39 is 29.0 Å². The van der Waals surface area contributed by atoms with Gasteiger partial charge in [0.2, 0.25) is 0 Å². The normalized spacial score (nSPS) is 57.7. The molecule has 0 heterocycles. The molecule has 0 unspecified atom stereocenters. The van der Waals surface area contributed by atoms with Gasteiger partial charge >= 0.3 is 5.97 Å². The zero-order chi connectivity index (χ0) is 25.8. The van der Waals surface area contributed by atoms with Crippen LogP contribution in [-0.2, 0) is 4.79 Å². The van der Waals surface area contributed by atoms with Crippen molar-refractivity contribution >= 4 is 5.97 Å². The lowest BCUT2D eigenvalue weighted by atomic mass is 9.33. The summed E-state index contributed by atoms with van der Waals surface area (Å²) in [5.41, 5.74) is -0.214. The zero-order valence-corrected chi connectivity index (χ0v) is 22.7. The summed E-state index contributed by atoms with van der Waals surface area (Å²) in [5, 5.41) is 42.9. The minimum atomic E-state index is -0.907. The van der Waals surface area contributed by atoms with Crippen molar-refractivity contribution in [3.63, 3.8) is 0 Å². The number of carbonyl (C=O) groups is 1. The van der Waals surface area contributed by atoms with Crippen molar-refractivity contribution in [3.8, 4) is 0 Å². The van der Waals surface area contributed by atoms with Crippen molar-refractivity contribution < 1.29 is 25.2 Å². The average Bonchev–Trinajstić information content (AvgIpc) is 2.80. The van der Waals surface area contributed by atoms with Gasteiger partial charge in [-0.2, -0.15) is 0 Å². The Morgan fingerprint density at radius 1 is 1.00 bits per heavy atom. The second-order valence-electron chi connectivity index (χ2n) is 14.5. The fraction of sp³-hybridized carbons (Fsp3) is 0.900. The highest BCUT2D eigenvalue weighted by Gasteiger charge is 2.70. The summed E-state index contributed by atoms with van der Waals surface area (Å²) < 4.78 is 0. The van der Waals surface area contributed by atoms with E-state index in [1.165, 1.54) is 5.57 Å². The maximum absolute atomic E-state index is 12.8. The fourth-order valence-corrected chi connectivity index (χ4v) is 11.0. The maximum Gasteiger partial charge on any atom is 0.310 e. The zero-order valence-electron chi connectivity index (χ0n) is 22.7. The number of hydrogen-bond acceptors (Lipinski definition) is 4. The molecule has 5 aliphatic rings. The van der Waals surface area contributed by atoms with Crippen LogP contribution < -0.4 is 0 Å². The highest BCUT2D eigenvalue weighted by atomic mass is 16.4.